The third kappa shape index (κ3) is 11.6. The molecule has 408 valence electrons. The summed E-state index contributed by atoms with van der Waals surface area (Å²) in [5.74, 6) is 7.64. The van der Waals surface area contributed by atoms with E-state index < -0.39 is 31.1 Å². The van der Waals surface area contributed by atoms with E-state index in [2.05, 4.69) is 202 Å². The summed E-state index contributed by atoms with van der Waals surface area (Å²) in [6.07, 6.45) is 29.1. The maximum absolute atomic E-state index is 12.1. The lowest BCUT2D eigenvalue weighted by Crippen LogP contribution is -2.73. The molecule has 0 radical (unpaired) electrons. The van der Waals surface area contributed by atoms with Crippen LogP contribution in [0.4, 0.5) is 4.79 Å². The molecule has 9 aliphatic rings. The zero-order valence-corrected chi connectivity index (χ0v) is 50.1. The van der Waals surface area contributed by atoms with Gasteiger partial charge in [0.15, 0.2) is 16.6 Å². The maximum atomic E-state index is 12.1. The normalized spacial score (nSPS) is 28.8. The molecule has 0 aliphatic heterocycles. The van der Waals surface area contributed by atoms with Crippen molar-refractivity contribution >= 4 is 46.7 Å². The van der Waals surface area contributed by atoms with Gasteiger partial charge in [-0.3, -0.25) is 0 Å². The van der Waals surface area contributed by atoms with Crippen molar-refractivity contribution in [2.45, 2.75) is 94.6 Å². The van der Waals surface area contributed by atoms with Crippen LogP contribution in [0.25, 0.3) is 11.1 Å². The Bertz CT molecular complexity index is 2790. The van der Waals surface area contributed by atoms with Gasteiger partial charge in [0.05, 0.1) is 6.61 Å². The Morgan fingerprint density at radius 2 is 0.808 bits per heavy atom. The molecule has 0 saturated heterocycles. The molecular weight excluding hydrogens is 1010 g/mol. The van der Waals surface area contributed by atoms with Crippen molar-refractivity contribution in [1.82, 2.24) is 0 Å². The van der Waals surface area contributed by atoms with Crippen molar-refractivity contribution in [1.29, 1.82) is 0 Å². The highest BCUT2D eigenvalue weighted by Gasteiger charge is 2.53. The van der Waals surface area contributed by atoms with E-state index >= 15 is 0 Å². The highest BCUT2D eigenvalue weighted by atomic mass is 28.4. The van der Waals surface area contributed by atoms with Crippen molar-refractivity contribution < 1.29 is 27.5 Å². The first kappa shape index (κ1) is 54.8. The number of carbonyl (C=O) groups excluding carboxylic acids is 1. The van der Waals surface area contributed by atoms with Crippen molar-refractivity contribution in [3.63, 3.8) is 0 Å². The number of rotatable bonds is 14. The number of allylic oxidation sites excluding steroid dienone is 8. The van der Waals surface area contributed by atoms with Crippen molar-refractivity contribution in [3.05, 3.63) is 199 Å². The third-order valence-electron chi connectivity index (χ3n) is 19.8. The summed E-state index contributed by atoms with van der Waals surface area (Å²) >= 11 is 0. The van der Waals surface area contributed by atoms with Crippen LogP contribution in [-0.4, -0.2) is 65.1 Å². The van der Waals surface area contributed by atoms with E-state index in [1.807, 2.05) is 19.2 Å². The Balaban J connectivity index is 0.000000121. The van der Waals surface area contributed by atoms with Crippen LogP contribution in [0, 0.1) is 59.2 Å². The zero-order valence-electron chi connectivity index (χ0n) is 47.1. The fourth-order valence-corrected chi connectivity index (χ4v) is 28.4. The molecule has 0 heterocycles. The second-order valence-corrected chi connectivity index (χ2v) is 37.4. The van der Waals surface area contributed by atoms with E-state index in [1.165, 1.54) is 82.8 Å². The van der Waals surface area contributed by atoms with Crippen LogP contribution < -0.4 is 15.6 Å². The molecule has 0 aromatic heterocycles. The molecule has 78 heavy (non-hydrogen) atoms. The lowest BCUT2D eigenvalue weighted by Gasteiger charge is -2.44. The van der Waals surface area contributed by atoms with E-state index in [0.717, 1.165) is 54.1 Å². The monoisotopic (exact) mass is 1090 g/mol. The molecule has 5 aromatic carbocycles. The average molecular weight is 1090 g/mol. The maximum Gasteiger partial charge on any atom is 0.508 e. The molecule has 4 saturated carbocycles. The minimum atomic E-state index is -2.62. The molecule has 0 N–H and O–H groups in total. The predicted octanol–water partition coefficient (Wildman–Crippen LogP) is 14.7. The Morgan fingerprint density at radius 1 is 0.423 bits per heavy atom. The van der Waals surface area contributed by atoms with E-state index in [9.17, 15) is 4.79 Å². The van der Waals surface area contributed by atoms with Gasteiger partial charge in [0.25, 0.3) is 8.32 Å². The van der Waals surface area contributed by atoms with Crippen LogP contribution in [0.3, 0.4) is 0 Å². The van der Waals surface area contributed by atoms with Gasteiger partial charge in [-0.25, -0.2) is 4.79 Å². The molecule has 14 rings (SSSR count). The van der Waals surface area contributed by atoms with Crippen LogP contribution in [0.5, 0.6) is 0 Å². The Morgan fingerprint density at radius 3 is 1.19 bits per heavy atom. The van der Waals surface area contributed by atoms with Gasteiger partial charge in [-0.1, -0.05) is 188 Å². The molecule has 9 heteroatoms. The van der Waals surface area contributed by atoms with Gasteiger partial charge in [-0.2, -0.15) is 0 Å². The van der Waals surface area contributed by atoms with Crippen LogP contribution in [-0.2, 0) is 22.8 Å². The fourth-order valence-electron chi connectivity index (χ4n) is 15.7. The van der Waals surface area contributed by atoms with E-state index in [4.69, 9.17) is 22.8 Å². The first-order valence-electron chi connectivity index (χ1n) is 29.5. The number of carbonyl (C=O) groups is 1. The average Bonchev–Trinajstić information content (AvgIpc) is 4.39. The SMILES string of the molecule is COCC1CC2C=CC1C2.CO[Si](C)(C)C1CC2C=CC1C2.C[Si](C)(O[Si](c1ccccc1)(c1ccccc1)c1ccccc1)C1CC2C=CC1C2.O=C(OCC1c2ccccc2-c2ccccc21)OCC1CC2C=CC1C2. The summed E-state index contributed by atoms with van der Waals surface area (Å²) in [6, 6.07) is 49.8. The van der Waals surface area contributed by atoms with Crippen LogP contribution >= 0.6 is 0 Å². The van der Waals surface area contributed by atoms with Gasteiger partial charge in [0.2, 0.25) is 0 Å². The molecule has 12 atom stereocenters. The molecular formula is C69H84O6Si3. The van der Waals surface area contributed by atoms with Gasteiger partial charge in [-0.05, 0) is 180 Å². The second-order valence-electron chi connectivity index (χ2n) is 25.2. The summed E-state index contributed by atoms with van der Waals surface area (Å²) in [7, 11) is -2.27. The largest absolute Gasteiger partial charge is 0.508 e. The van der Waals surface area contributed by atoms with Crippen molar-refractivity contribution in [3.8, 4) is 11.1 Å². The molecule has 9 aliphatic carbocycles. The molecule has 8 bridgehead atoms. The van der Waals surface area contributed by atoms with Gasteiger partial charge in [-0.15, -0.1) is 0 Å². The number of hydrogen-bond donors (Lipinski definition) is 0. The van der Waals surface area contributed by atoms with Gasteiger partial charge < -0.3 is 22.8 Å². The topological polar surface area (TPSA) is 63.2 Å². The summed E-state index contributed by atoms with van der Waals surface area (Å²) < 4.78 is 29.4. The first-order chi connectivity index (χ1) is 37.9. The molecule has 4 fully saturated rings. The van der Waals surface area contributed by atoms with Crippen molar-refractivity contribution in [2.24, 2.45) is 59.2 Å². The summed E-state index contributed by atoms with van der Waals surface area (Å²) in [4.78, 5) is 12.1. The lowest BCUT2D eigenvalue weighted by molar-refractivity contribution is 0.0398. The Kier molecular flexibility index (Phi) is 16.8. The van der Waals surface area contributed by atoms with Gasteiger partial charge in [0.1, 0.15) is 6.61 Å². The highest BCUT2D eigenvalue weighted by Crippen LogP contribution is 2.53. The van der Waals surface area contributed by atoms with E-state index in [0.29, 0.717) is 42.4 Å². The van der Waals surface area contributed by atoms with E-state index in [1.54, 1.807) is 7.11 Å². The number of methoxy groups -OCH3 is 1. The minimum absolute atomic E-state index is 0.0837. The number of hydrogen-bond acceptors (Lipinski definition) is 6. The molecule has 5 aromatic rings. The molecule has 6 nitrogen and oxygen atoms in total. The molecule has 0 spiro atoms. The van der Waals surface area contributed by atoms with Crippen molar-refractivity contribution in [2.75, 3.05) is 34.0 Å². The van der Waals surface area contributed by atoms with Crippen LogP contribution in [0.1, 0.15) is 68.4 Å². The third-order valence-corrected chi connectivity index (χ3v) is 32.5. The minimum Gasteiger partial charge on any atom is -0.446 e. The number of ether oxygens (including phenoxy) is 3. The smallest absolute Gasteiger partial charge is 0.446 e. The molecule has 0 amide bonds. The first-order valence-corrected chi connectivity index (χ1v) is 37.4. The quantitative estimate of drug-likeness (QED) is 0.0478. The number of fused-ring (bicyclic) bond motifs is 11. The highest BCUT2D eigenvalue weighted by molar-refractivity contribution is 7.10. The van der Waals surface area contributed by atoms with E-state index in [-0.39, 0.29) is 5.92 Å². The number of benzene rings is 5. The zero-order chi connectivity index (χ0) is 53.9. The second kappa shape index (κ2) is 23.9. The van der Waals surface area contributed by atoms with Gasteiger partial charge in [0, 0.05) is 32.7 Å². The molecule has 12 unspecified atom stereocenters. The lowest BCUT2D eigenvalue weighted by atomic mass is 9.95. The Labute approximate surface area is 469 Å². The standard InChI is InChI=1S/C27H30OSi2.C23H22O3.C10H18OSi.C9H14O/c1-29(2,27-21-22-18-19-23(27)20-22)28-30(24-12-6-3-7-13-24,25-14-8-4-9-15-25)26-16-10-5-11-17-26;24-23(25-13-17-12-15-9-10-16(17)11-15)26-14-22-20-7-3-1-5-18(20)19-6-2-4-8-21(19)22;1-11-12(2,3)10-7-8-4-5-9(10)6-8;1-10-6-9-5-7-2-3-8(9)4-7/h3-19,22-23,27H,20-21H2,1-2H3;1-10,15-17,22H,11-14H2;4-5,8-10H,6-7H2,1-3H3;2-3,7-9H,4-6H2,1H3. The summed E-state index contributed by atoms with van der Waals surface area (Å²) in [5, 5.41) is 4.05. The van der Waals surface area contributed by atoms with Gasteiger partial charge >= 0.3 is 6.16 Å². The fraction of sp³-hybridized carbons (Fsp3) is 0.435. The summed E-state index contributed by atoms with van der Waals surface area (Å²) in [6.45, 7) is 11.4. The van der Waals surface area contributed by atoms with Crippen LogP contribution in [0.2, 0.25) is 37.3 Å². The Hall–Kier alpha value is -5.14. The predicted molar refractivity (Wildman–Crippen MR) is 326 cm³/mol. The summed E-state index contributed by atoms with van der Waals surface area (Å²) in [5.41, 5.74) is 6.50. The van der Waals surface area contributed by atoms with Crippen LogP contribution in [0.15, 0.2) is 188 Å².